The van der Waals surface area contributed by atoms with E-state index in [0.29, 0.717) is 24.2 Å². The average molecular weight is 372 g/mol. The van der Waals surface area contributed by atoms with Crippen molar-refractivity contribution < 1.29 is 23.9 Å². The number of rotatable bonds is 10. The van der Waals surface area contributed by atoms with Gasteiger partial charge in [-0.05, 0) is 37.1 Å². The molecular weight excluding hydrogens is 348 g/mol. The summed E-state index contributed by atoms with van der Waals surface area (Å²) in [5.41, 5.74) is 0.906. The van der Waals surface area contributed by atoms with Gasteiger partial charge in [-0.2, -0.15) is 0 Å². The number of benzene rings is 1. The number of aliphatic carboxylic acids is 1. The Kier molecular flexibility index (Phi) is 7.61. The molecule has 144 valence electrons. The monoisotopic (exact) mass is 372 g/mol. The van der Waals surface area contributed by atoms with E-state index in [-0.39, 0.29) is 24.0 Å². The van der Waals surface area contributed by atoms with Gasteiger partial charge >= 0.3 is 5.97 Å². The number of furan rings is 1. The van der Waals surface area contributed by atoms with E-state index in [9.17, 15) is 14.4 Å². The van der Waals surface area contributed by atoms with Crippen LogP contribution >= 0.6 is 0 Å². The first kappa shape index (κ1) is 20.2. The predicted octanol–water partition coefficient (Wildman–Crippen LogP) is 3.32. The number of para-hydroxylation sites is 1. The van der Waals surface area contributed by atoms with Crippen molar-refractivity contribution in [2.45, 2.75) is 32.1 Å². The number of hydrogen-bond acceptors (Lipinski definition) is 4. The van der Waals surface area contributed by atoms with Crippen molar-refractivity contribution >= 4 is 23.5 Å². The Balaban J connectivity index is 1.89. The first-order valence-electron chi connectivity index (χ1n) is 8.91. The van der Waals surface area contributed by atoms with Crippen molar-refractivity contribution in [3.8, 4) is 0 Å². The second-order valence-corrected chi connectivity index (χ2v) is 6.17. The molecule has 0 fully saturated rings. The number of carboxylic acids is 1. The minimum atomic E-state index is -0.784. The zero-order valence-electron chi connectivity index (χ0n) is 15.3. The zero-order chi connectivity index (χ0) is 19.6. The molecule has 0 saturated heterocycles. The fourth-order valence-corrected chi connectivity index (χ4v) is 2.68. The number of carbonyl (C=O) groups is 3. The Bertz CT molecular complexity index is 770. The second kappa shape index (κ2) is 10.2. The molecule has 2 N–H and O–H groups in total. The predicted molar refractivity (Wildman–Crippen MR) is 101 cm³/mol. The summed E-state index contributed by atoms with van der Waals surface area (Å²) in [5.74, 6) is -1.17. The van der Waals surface area contributed by atoms with Crippen molar-refractivity contribution in [1.82, 2.24) is 5.32 Å². The zero-order valence-corrected chi connectivity index (χ0v) is 15.3. The van der Waals surface area contributed by atoms with Gasteiger partial charge < -0.3 is 19.7 Å². The second-order valence-electron chi connectivity index (χ2n) is 6.17. The maximum absolute atomic E-state index is 12.5. The lowest BCUT2D eigenvalue weighted by atomic mass is 10.1. The third kappa shape index (κ3) is 5.99. The van der Waals surface area contributed by atoms with E-state index < -0.39 is 5.97 Å². The first-order valence-corrected chi connectivity index (χ1v) is 8.91. The largest absolute Gasteiger partial charge is 0.481 e. The van der Waals surface area contributed by atoms with Crippen molar-refractivity contribution in [2.24, 2.45) is 0 Å². The molecule has 7 nitrogen and oxygen atoms in total. The number of carbonyl (C=O) groups excluding carboxylic acids is 2. The van der Waals surface area contributed by atoms with Crippen LogP contribution in [0.1, 0.15) is 53.0 Å². The summed E-state index contributed by atoms with van der Waals surface area (Å²) in [6, 6.07) is 10.1. The summed E-state index contributed by atoms with van der Waals surface area (Å²) in [5, 5.41) is 11.4. The van der Waals surface area contributed by atoms with Crippen LogP contribution in [-0.4, -0.2) is 36.5 Å². The minimum absolute atomic E-state index is 0.176. The molecule has 7 heteroatoms. The fourth-order valence-electron chi connectivity index (χ4n) is 2.68. The Morgan fingerprint density at radius 2 is 1.78 bits per heavy atom. The number of amides is 2. The molecule has 0 aliphatic carbocycles. The highest BCUT2D eigenvalue weighted by Gasteiger charge is 2.20. The summed E-state index contributed by atoms with van der Waals surface area (Å²) in [6.07, 6.45) is 4.69. The molecular formula is C20H24N2O5. The van der Waals surface area contributed by atoms with E-state index in [1.54, 1.807) is 43.4 Å². The molecule has 0 atom stereocenters. The number of nitrogens with one attached hydrogen (secondary N) is 1. The highest BCUT2D eigenvalue weighted by molar-refractivity contribution is 6.09. The van der Waals surface area contributed by atoms with Crippen LogP contribution in [0.25, 0.3) is 0 Å². The molecule has 27 heavy (non-hydrogen) atoms. The molecule has 1 aromatic heterocycles. The molecule has 0 aliphatic rings. The summed E-state index contributed by atoms with van der Waals surface area (Å²) >= 11 is 0. The lowest BCUT2D eigenvalue weighted by molar-refractivity contribution is -0.137. The SMILES string of the molecule is CN(C(=O)c1ccco1)c1ccccc1C(=O)NCCCCCCC(=O)O. The molecule has 2 rings (SSSR count). The molecule has 0 unspecified atom stereocenters. The van der Waals surface area contributed by atoms with Crippen LogP contribution in [0.2, 0.25) is 0 Å². The Hall–Kier alpha value is -3.09. The van der Waals surface area contributed by atoms with E-state index in [4.69, 9.17) is 9.52 Å². The Labute approximate surface area is 158 Å². The summed E-state index contributed by atoms with van der Waals surface area (Å²) < 4.78 is 5.14. The molecule has 0 radical (unpaired) electrons. The third-order valence-electron chi connectivity index (χ3n) is 4.15. The number of nitrogens with zero attached hydrogens (tertiary/aromatic N) is 1. The Morgan fingerprint density at radius 1 is 1.04 bits per heavy atom. The maximum atomic E-state index is 12.5. The van der Waals surface area contributed by atoms with Crippen LogP contribution in [0.3, 0.4) is 0 Å². The standard InChI is InChI=1S/C20H24N2O5/c1-22(20(26)17-11-8-14-27-17)16-10-6-5-9-15(16)19(25)21-13-7-3-2-4-12-18(23)24/h5-6,8-11,14H,2-4,7,12-13H2,1H3,(H,21,25)(H,23,24). The first-order chi connectivity index (χ1) is 13.0. The molecule has 0 aliphatic heterocycles. The van der Waals surface area contributed by atoms with Gasteiger partial charge in [-0.15, -0.1) is 0 Å². The normalized spacial score (nSPS) is 10.4. The number of carboxylic acid groups (broad SMARTS) is 1. The number of hydrogen-bond donors (Lipinski definition) is 2. The van der Waals surface area contributed by atoms with Gasteiger partial charge in [0.05, 0.1) is 17.5 Å². The molecule has 1 aromatic carbocycles. The van der Waals surface area contributed by atoms with E-state index in [1.165, 1.54) is 11.2 Å². The van der Waals surface area contributed by atoms with Crippen LogP contribution in [-0.2, 0) is 4.79 Å². The van der Waals surface area contributed by atoms with Crippen LogP contribution in [0.15, 0.2) is 47.1 Å². The third-order valence-corrected chi connectivity index (χ3v) is 4.15. The van der Waals surface area contributed by atoms with E-state index in [2.05, 4.69) is 5.32 Å². The number of anilines is 1. The van der Waals surface area contributed by atoms with Crippen molar-refractivity contribution in [3.05, 3.63) is 54.0 Å². The van der Waals surface area contributed by atoms with E-state index in [1.807, 2.05) is 0 Å². The van der Waals surface area contributed by atoms with Crippen LogP contribution < -0.4 is 10.2 Å². The number of unbranched alkanes of at least 4 members (excludes halogenated alkanes) is 3. The van der Waals surface area contributed by atoms with Gasteiger partial charge in [0.15, 0.2) is 5.76 Å². The molecule has 2 amide bonds. The van der Waals surface area contributed by atoms with Crippen LogP contribution in [0.5, 0.6) is 0 Å². The quantitative estimate of drug-likeness (QED) is 0.623. The molecule has 0 bridgehead atoms. The molecule has 1 heterocycles. The minimum Gasteiger partial charge on any atom is -0.481 e. The van der Waals surface area contributed by atoms with Crippen molar-refractivity contribution in [1.29, 1.82) is 0 Å². The van der Waals surface area contributed by atoms with Crippen molar-refractivity contribution in [2.75, 3.05) is 18.5 Å². The average Bonchev–Trinajstić information content (AvgIpc) is 3.20. The highest BCUT2D eigenvalue weighted by Crippen LogP contribution is 2.21. The highest BCUT2D eigenvalue weighted by atomic mass is 16.4. The Morgan fingerprint density at radius 3 is 2.48 bits per heavy atom. The van der Waals surface area contributed by atoms with Gasteiger partial charge in [0.1, 0.15) is 0 Å². The van der Waals surface area contributed by atoms with Crippen molar-refractivity contribution in [3.63, 3.8) is 0 Å². The van der Waals surface area contributed by atoms with Gasteiger partial charge in [0, 0.05) is 20.0 Å². The lowest BCUT2D eigenvalue weighted by Crippen LogP contribution is -2.30. The molecule has 0 saturated carbocycles. The summed E-state index contributed by atoms with van der Waals surface area (Å²) in [4.78, 5) is 36.8. The van der Waals surface area contributed by atoms with Crippen LogP contribution in [0, 0.1) is 0 Å². The van der Waals surface area contributed by atoms with Gasteiger partial charge in [0.25, 0.3) is 11.8 Å². The lowest BCUT2D eigenvalue weighted by Gasteiger charge is -2.19. The smallest absolute Gasteiger partial charge is 0.303 e. The van der Waals surface area contributed by atoms with Gasteiger partial charge in [-0.1, -0.05) is 25.0 Å². The van der Waals surface area contributed by atoms with Gasteiger partial charge in [-0.3, -0.25) is 14.4 Å². The van der Waals surface area contributed by atoms with E-state index >= 15 is 0 Å². The topological polar surface area (TPSA) is 99.9 Å². The van der Waals surface area contributed by atoms with Gasteiger partial charge in [-0.25, -0.2) is 0 Å². The molecule has 2 aromatic rings. The van der Waals surface area contributed by atoms with Gasteiger partial charge in [0.2, 0.25) is 0 Å². The summed E-state index contributed by atoms with van der Waals surface area (Å²) in [7, 11) is 1.60. The van der Waals surface area contributed by atoms with Crippen LogP contribution in [0.4, 0.5) is 5.69 Å². The fraction of sp³-hybridized carbons (Fsp3) is 0.350. The van der Waals surface area contributed by atoms with E-state index in [0.717, 1.165) is 19.3 Å². The maximum Gasteiger partial charge on any atom is 0.303 e. The summed E-state index contributed by atoms with van der Waals surface area (Å²) in [6.45, 7) is 0.496. The molecule has 0 spiro atoms.